The van der Waals surface area contributed by atoms with E-state index in [2.05, 4.69) is 15.2 Å². The van der Waals surface area contributed by atoms with Crippen molar-refractivity contribution in [2.75, 3.05) is 25.0 Å². The molecule has 8 heteroatoms. The molecule has 0 unspecified atom stereocenters. The fourth-order valence-electron chi connectivity index (χ4n) is 3.02. The molecular weight excluding hydrogens is 358 g/mol. The molecule has 1 N–H and O–H groups in total. The van der Waals surface area contributed by atoms with Crippen molar-refractivity contribution in [3.63, 3.8) is 0 Å². The van der Waals surface area contributed by atoms with E-state index in [0.29, 0.717) is 12.1 Å². The molecular formula is C20H23N5O3. The Bertz CT molecular complexity index is 1120. The number of pyridine rings is 1. The van der Waals surface area contributed by atoms with Crippen molar-refractivity contribution in [2.45, 2.75) is 6.42 Å². The van der Waals surface area contributed by atoms with Crippen LogP contribution in [0.4, 0.5) is 5.69 Å². The largest absolute Gasteiger partial charge is 0.375 e. The Balaban J connectivity index is 1.65. The van der Waals surface area contributed by atoms with Gasteiger partial charge in [0.25, 0.3) is 11.5 Å². The quantitative estimate of drug-likeness (QED) is 0.641. The number of nitrogens with one attached hydrogen (secondary N) is 1. The number of carbonyl (C=O) groups excluding carboxylic acids is 1. The predicted molar refractivity (Wildman–Crippen MR) is 109 cm³/mol. The fraction of sp³-hybridized carbons (Fsp3) is 0.300. The van der Waals surface area contributed by atoms with Gasteiger partial charge < -0.3 is 10.2 Å². The number of carbonyl (C=O) groups is 1. The number of fused-ring (bicyclic) bond motifs is 1. The molecule has 0 bridgehead atoms. The Labute approximate surface area is 162 Å². The number of nitrogens with zero attached hydrogens (tertiary/aromatic N) is 4. The number of rotatable bonds is 6. The van der Waals surface area contributed by atoms with Crippen LogP contribution in [0.25, 0.3) is 11.0 Å². The van der Waals surface area contributed by atoms with Gasteiger partial charge in [0.05, 0.1) is 10.9 Å². The molecule has 0 aliphatic carbocycles. The number of hydrogen-bond acceptors (Lipinski definition) is 5. The van der Waals surface area contributed by atoms with Crippen LogP contribution in [0, 0.1) is 0 Å². The minimum atomic E-state index is -0.468. The van der Waals surface area contributed by atoms with Crippen LogP contribution in [-0.2, 0) is 14.1 Å². The third kappa shape index (κ3) is 3.80. The zero-order valence-corrected chi connectivity index (χ0v) is 16.2. The maximum atomic E-state index is 12.4. The van der Waals surface area contributed by atoms with Crippen LogP contribution in [0.1, 0.15) is 16.8 Å². The van der Waals surface area contributed by atoms with E-state index in [9.17, 15) is 14.4 Å². The van der Waals surface area contributed by atoms with Crippen molar-refractivity contribution < 1.29 is 4.79 Å². The highest BCUT2D eigenvalue weighted by Crippen LogP contribution is 2.11. The van der Waals surface area contributed by atoms with E-state index in [1.807, 2.05) is 37.4 Å². The highest BCUT2D eigenvalue weighted by Gasteiger charge is 2.13. The molecule has 0 radical (unpaired) electrons. The monoisotopic (exact) mass is 381 g/mol. The van der Waals surface area contributed by atoms with E-state index in [1.165, 1.54) is 23.9 Å². The lowest BCUT2D eigenvalue weighted by Crippen LogP contribution is -2.37. The molecule has 28 heavy (non-hydrogen) atoms. The predicted octanol–water partition coefficient (Wildman–Crippen LogP) is 0.889. The van der Waals surface area contributed by atoms with Gasteiger partial charge in [0.2, 0.25) is 0 Å². The number of aryl methyl sites for hydroxylation is 1. The fourth-order valence-corrected chi connectivity index (χ4v) is 3.02. The van der Waals surface area contributed by atoms with Crippen molar-refractivity contribution in [1.82, 2.24) is 19.4 Å². The molecule has 2 heterocycles. The number of hydrogen-bond donors (Lipinski definition) is 1. The lowest BCUT2D eigenvalue weighted by molar-refractivity contribution is 0.0953. The van der Waals surface area contributed by atoms with E-state index in [0.717, 1.165) is 23.2 Å². The van der Waals surface area contributed by atoms with Crippen molar-refractivity contribution in [3.05, 3.63) is 69.0 Å². The van der Waals surface area contributed by atoms with E-state index in [4.69, 9.17) is 0 Å². The smallest absolute Gasteiger partial charge is 0.332 e. The summed E-state index contributed by atoms with van der Waals surface area (Å²) in [5, 5.41) is 3.08. The first-order chi connectivity index (χ1) is 13.4. The Kier molecular flexibility index (Phi) is 5.58. The molecule has 8 nitrogen and oxygen atoms in total. The Hall–Kier alpha value is -3.42. The summed E-state index contributed by atoms with van der Waals surface area (Å²) in [4.78, 5) is 42.9. The van der Waals surface area contributed by atoms with Crippen molar-refractivity contribution in [1.29, 1.82) is 0 Å². The standard InChI is InChI=1S/C20H23N5O3/c1-23(15-8-5-4-6-9-15)11-7-10-21-18(26)14-12-16-17(22-13-14)24(2)20(28)25(3)19(16)27/h4-6,8-9,12-13H,7,10-11H2,1-3H3,(H,21,26). The van der Waals surface area contributed by atoms with Gasteiger partial charge in [0, 0.05) is 46.1 Å². The summed E-state index contributed by atoms with van der Waals surface area (Å²) in [6.45, 7) is 1.29. The Morgan fingerprint density at radius 1 is 1.14 bits per heavy atom. The van der Waals surface area contributed by atoms with Crippen LogP contribution >= 0.6 is 0 Å². The lowest BCUT2D eigenvalue weighted by atomic mass is 10.2. The molecule has 1 aromatic carbocycles. The minimum absolute atomic E-state index is 0.237. The van der Waals surface area contributed by atoms with Gasteiger partial charge in [-0.2, -0.15) is 0 Å². The van der Waals surface area contributed by atoms with Gasteiger partial charge in [0.15, 0.2) is 0 Å². The molecule has 0 atom stereocenters. The molecule has 0 spiro atoms. The molecule has 146 valence electrons. The number of anilines is 1. The second-order valence-electron chi connectivity index (χ2n) is 6.67. The molecule has 0 saturated heterocycles. The third-order valence-electron chi connectivity index (χ3n) is 4.71. The van der Waals surface area contributed by atoms with Crippen molar-refractivity contribution in [3.8, 4) is 0 Å². The summed E-state index contributed by atoms with van der Waals surface area (Å²) in [5.41, 5.74) is 0.747. The van der Waals surface area contributed by atoms with Gasteiger partial charge in [-0.25, -0.2) is 9.78 Å². The van der Waals surface area contributed by atoms with Gasteiger partial charge >= 0.3 is 5.69 Å². The van der Waals surface area contributed by atoms with Crippen LogP contribution in [0.2, 0.25) is 0 Å². The summed E-state index contributed by atoms with van der Waals surface area (Å²) in [7, 11) is 4.95. The molecule has 1 amide bonds. The molecule has 0 fully saturated rings. The average molecular weight is 381 g/mol. The lowest BCUT2D eigenvalue weighted by Gasteiger charge is -2.19. The maximum Gasteiger partial charge on any atom is 0.332 e. The Morgan fingerprint density at radius 3 is 2.57 bits per heavy atom. The summed E-state index contributed by atoms with van der Waals surface area (Å²) >= 11 is 0. The zero-order valence-electron chi connectivity index (χ0n) is 16.2. The molecule has 0 aliphatic rings. The summed E-state index contributed by atoms with van der Waals surface area (Å²) in [6.07, 6.45) is 2.15. The number of aromatic nitrogens is 3. The number of benzene rings is 1. The van der Waals surface area contributed by atoms with Crippen molar-refractivity contribution >= 4 is 22.6 Å². The van der Waals surface area contributed by atoms with E-state index < -0.39 is 11.2 Å². The Morgan fingerprint density at radius 2 is 1.86 bits per heavy atom. The van der Waals surface area contributed by atoms with Crippen LogP contribution in [0.15, 0.2) is 52.2 Å². The minimum Gasteiger partial charge on any atom is -0.375 e. The zero-order chi connectivity index (χ0) is 20.3. The average Bonchev–Trinajstić information content (AvgIpc) is 2.73. The second-order valence-corrected chi connectivity index (χ2v) is 6.67. The molecule has 0 aliphatic heterocycles. The van der Waals surface area contributed by atoms with E-state index in [-0.39, 0.29) is 16.9 Å². The summed E-state index contributed by atoms with van der Waals surface area (Å²) in [5.74, 6) is -0.298. The highest BCUT2D eigenvalue weighted by molar-refractivity contribution is 5.96. The van der Waals surface area contributed by atoms with Crippen LogP contribution < -0.4 is 21.5 Å². The molecule has 2 aromatic heterocycles. The van der Waals surface area contributed by atoms with Gasteiger partial charge in [-0.05, 0) is 24.6 Å². The first-order valence-corrected chi connectivity index (χ1v) is 9.00. The van der Waals surface area contributed by atoms with E-state index in [1.54, 1.807) is 7.05 Å². The summed E-state index contributed by atoms with van der Waals surface area (Å²) < 4.78 is 2.29. The molecule has 3 rings (SSSR count). The van der Waals surface area contributed by atoms with Gasteiger partial charge in [-0.15, -0.1) is 0 Å². The SMILES string of the molecule is CN(CCCNC(=O)c1cnc2c(c1)c(=O)n(C)c(=O)n2C)c1ccccc1. The first kappa shape index (κ1) is 19.3. The second kappa shape index (κ2) is 8.08. The molecule has 0 saturated carbocycles. The van der Waals surface area contributed by atoms with Gasteiger partial charge in [0.1, 0.15) is 5.65 Å². The van der Waals surface area contributed by atoms with Crippen LogP contribution in [0.5, 0.6) is 0 Å². The normalized spacial score (nSPS) is 10.8. The van der Waals surface area contributed by atoms with E-state index >= 15 is 0 Å². The van der Waals surface area contributed by atoms with Gasteiger partial charge in [-0.1, -0.05) is 18.2 Å². The third-order valence-corrected chi connectivity index (χ3v) is 4.71. The maximum absolute atomic E-state index is 12.4. The highest BCUT2D eigenvalue weighted by atomic mass is 16.2. The van der Waals surface area contributed by atoms with Crippen molar-refractivity contribution in [2.24, 2.45) is 14.1 Å². The van der Waals surface area contributed by atoms with Crippen LogP contribution in [-0.4, -0.2) is 40.2 Å². The number of para-hydroxylation sites is 1. The number of amides is 1. The first-order valence-electron chi connectivity index (χ1n) is 9.00. The van der Waals surface area contributed by atoms with Crippen LogP contribution in [0.3, 0.4) is 0 Å². The summed E-state index contributed by atoms with van der Waals surface area (Å²) in [6, 6.07) is 11.5. The van der Waals surface area contributed by atoms with Gasteiger partial charge in [-0.3, -0.25) is 18.7 Å². The molecule has 3 aromatic rings. The topological polar surface area (TPSA) is 89.2 Å².